The van der Waals surface area contributed by atoms with Gasteiger partial charge in [0.2, 0.25) is 0 Å². The molecule has 5 rings (SSSR count). The van der Waals surface area contributed by atoms with Gasteiger partial charge in [-0.15, -0.1) is 0 Å². The third-order valence-corrected chi connectivity index (χ3v) is 6.54. The molecule has 1 heteroatoms. The molecule has 1 nitrogen and oxygen atoms in total. The predicted octanol–water partition coefficient (Wildman–Crippen LogP) is 4.84. The van der Waals surface area contributed by atoms with Crippen molar-refractivity contribution in [1.29, 1.82) is 0 Å². The molecule has 0 radical (unpaired) electrons. The van der Waals surface area contributed by atoms with Crippen molar-refractivity contribution in [3.8, 4) is 0 Å². The number of rotatable bonds is 0. The van der Waals surface area contributed by atoms with Crippen molar-refractivity contribution in [2.24, 2.45) is 0 Å². The van der Waals surface area contributed by atoms with E-state index in [1.807, 2.05) is 0 Å². The zero-order valence-electron chi connectivity index (χ0n) is 14.5. The van der Waals surface area contributed by atoms with Crippen molar-refractivity contribution in [2.75, 3.05) is 7.05 Å². The van der Waals surface area contributed by atoms with E-state index in [1.54, 1.807) is 11.1 Å². The van der Waals surface area contributed by atoms with Gasteiger partial charge < -0.3 is 0 Å². The molecule has 0 spiro atoms. The van der Waals surface area contributed by atoms with E-state index in [0.717, 1.165) is 24.9 Å². The molecule has 2 unspecified atom stereocenters. The van der Waals surface area contributed by atoms with Gasteiger partial charge in [-0.25, -0.2) is 0 Å². The van der Waals surface area contributed by atoms with Gasteiger partial charge >= 0.3 is 0 Å². The van der Waals surface area contributed by atoms with Crippen molar-refractivity contribution < 1.29 is 0 Å². The average molecular weight is 315 g/mol. The molecule has 2 heterocycles. The van der Waals surface area contributed by atoms with Gasteiger partial charge in [0.1, 0.15) is 0 Å². The van der Waals surface area contributed by atoms with Gasteiger partial charge in [-0.3, -0.25) is 4.90 Å². The van der Waals surface area contributed by atoms with Gasteiger partial charge in [-0.2, -0.15) is 0 Å². The summed E-state index contributed by atoms with van der Waals surface area (Å²) in [6.45, 7) is 0. The van der Waals surface area contributed by atoms with Crippen molar-refractivity contribution in [3.05, 3.63) is 76.4 Å². The molecule has 0 amide bonds. The second-order valence-corrected chi connectivity index (χ2v) is 7.75. The summed E-state index contributed by atoms with van der Waals surface area (Å²) < 4.78 is 0. The molecule has 0 saturated carbocycles. The fourth-order valence-corrected chi connectivity index (χ4v) is 5.20. The monoisotopic (exact) mass is 315 g/mol. The summed E-state index contributed by atoms with van der Waals surface area (Å²) in [6, 6.07) is 19.8. The van der Waals surface area contributed by atoms with Crippen LogP contribution in [0.2, 0.25) is 0 Å². The summed E-state index contributed by atoms with van der Waals surface area (Å²) in [7, 11) is 2.33. The average Bonchev–Trinajstić information content (AvgIpc) is 2.81. The van der Waals surface area contributed by atoms with E-state index < -0.39 is 0 Å². The van der Waals surface area contributed by atoms with Crippen LogP contribution in [0, 0.1) is 0 Å². The summed E-state index contributed by atoms with van der Waals surface area (Å²) in [5.74, 6) is 0. The van der Waals surface area contributed by atoms with Crippen molar-refractivity contribution in [1.82, 2.24) is 4.90 Å². The first-order valence-electron chi connectivity index (χ1n) is 9.42. The first-order chi connectivity index (χ1) is 11.8. The van der Waals surface area contributed by atoms with E-state index in [-0.39, 0.29) is 0 Å². The van der Waals surface area contributed by atoms with Gasteiger partial charge in [0.05, 0.1) is 0 Å². The van der Waals surface area contributed by atoms with Crippen molar-refractivity contribution in [2.45, 2.75) is 50.6 Å². The highest BCUT2D eigenvalue weighted by molar-refractivity contribution is 5.86. The van der Waals surface area contributed by atoms with Crippen LogP contribution in [-0.2, 0) is 12.8 Å². The SMILES string of the molecule is CN1C2CCC1CC(=C1c3ccccc3CCc3ccccc31)C2. The summed E-state index contributed by atoms with van der Waals surface area (Å²) >= 11 is 0. The fourth-order valence-electron chi connectivity index (χ4n) is 5.20. The van der Waals surface area contributed by atoms with E-state index in [9.17, 15) is 0 Å². The van der Waals surface area contributed by atoms with E-state index >= 15 is 0 Å². The lowest BCUT2D eigenvalue weighted by Gasteiger charge is -2.34. The zero-order valence-corrected chi connectivity index (χ0v) is 14.5. The Labute approximate surface area is 145 Å². The molecule has 3 aliphatic rings. The van der Waals surface area contributed by atoms with Gasteiger partial charge in [0.15, 0.2) is 0 Å². The Hall–Kier alpha value is -1.86. The van der Waals surface area contributed by atoms with Crippen LogP contribution in [-0.4, -0.2) is 24.0 Å². The molecule has 1 aliphatic carbocycles. The summed E-state index contributed by atoms with van der Waals surface area (Å²) in [4.78, 5) is 2.64. The Morgan fingerprint density at radius 1 is 0.750 bits per heavy atom. The van der Waals surface area contributed by atoms with Gasteiger partial charge in [-0.05, 0) is 73.4 Å². The molecule has 2 aliphatic heterocycles. The minimum absolute atomic E-state index is 0.758. The summed E-state index contributed by atoms with van der Waals surface area (Å²) in [6.07, 6.45) is 7.59. The number of hydrogen-bond donors (Lipinski definition) is 0. The Kier molecular flexibility index (Phi) is 3.38. The van der Waals surface area contributed by atoms with Crippen LogP contribution in [0.4, 0.5) is 0 Å². The lowest BCUT2D eigenvalue weighted by Crippen LogP contribution is -2.37. The van der Waals surface area contributed by atoms with Crippen LogP contribution >= 0.6 is 0 Å². The lowest BCUT2D eigenvalue weighted by molar-refractivity contribution is 0.210. The van der Waals surface area contributed by atoms with Gasteiger partial charge in [0, 0.05) is 12.1 Å². The Bertz CT molecular complexity index is 751. The van der Waals surface area contributed by atoms with Crippen LogP contribution < -0.4 is 0 Å². The maximum absolute atomic E-state index is 2.64. The molecular weight excluding hydrogens is 290 g/mol. The molecule has 2 aromatic rings. The smallest absolute Gasteiger partial charge is 0.0133 e. The molecule has 24 heavy (non-hydrogen) atoms. The highest BCUT2D eigenvalue weighted by Gasteiger charge is 2.37. The lowest BCUT2D eigenvalue weighted by atomic mass is 9.84. The molecule has 0 aromatic heterocycles. The van der Waals surface area contributed by atoms with Crippen LogP contribution in [0.3, 0.4) is 0 Å². The number of fused-ring (bicyclic) bond motifs is 4. The highest BCUT2D eigenvalue weighted by atomic mass is 15.2. The largest absolute Gasteiger partial charge is 0.300 e. The number of aryl methyl sites for hydroxylation is 2. The first kappa shape index (κ1) is 14.5. The predicted molar refractivity (Wildman–Crippen MR) is 100 cm³/mol. The van der Waals surface area contributed by atoms with Crippen molar-refractivity contribution >= 4 is 5.57 Å². The second-order valence-electron chi connectivity index (χ2n) is 7.75. The molecule has 122 valence electrons. The maximum Gasteiger partial charge on any atom is 0.0133 e. The van der Waals surface area contributed by atoms with Crippen LogP contribution in [0.25, 0.3) is 5.57 Å². The third-order valence-electron chi connectivity index (χ3n) is 6.54. The molecule has 2 saturated heterocycles. The van der Waals surface area contributed by atoms with E-state index in [0.29, 0.717) is 0 Å². The van der Waals surface area contributed by atoms with Crippen LogP contribution in [0.5, 0.6) is 0 Å². The maximum atomic E-state index is 2.64. The second kappa shape index (κ2) is 5.60. The molecule has 2 atom stereocenters. The minimum Gasteiger partial charge on any atom is -0.300 e. The Morgan fingerprint density at radius 2 is 1.25 bits per heavy atom. The number of nitrogens with zero attached hydrogens (tertiary/aromatic N) is 1. The molecular formula is C23H25N. The molecule has 2 bridgehead atoms. The van der Waals surface area contributed by atoms with Crippen molar-refractivity contribution in [3.63, 3.8) is 0 Å². The molecule has 2 fully saturated rings. The normalized spacial score (nSPS) is 26.0. The highest BCUT2D eigenvalue weighted by Crippen LogP contribution is 2.44. The number of benzene rings is 2. The third kappa shape index (κ3) is 2.18. The summed E-state index contributed by atoms with van der Waals surface area (Å²) in [5.41, 5.74) is 9.35. The zero-order chi connectivity index (χ0) is 16.1. The molecule has 2 aromatic carbocycles. The first-order valence-corrected chi connectivity index (χ1v) is 9.42. The fraction of sp³-hybridized carbons (Fsp3) is 0.391. The van der Waals surface area contributed by atoms with E-state index in [4.69, 9.17) is 0 Å². The number of piperidine rings is 1. The summed E-state index contributed by atoms with van der Waals surface area (Å²) in [5, 5.41) is 0. The van der Waals surface area contributed by atoms with Crippen LogP contribution in [0.15, 0.2) is 54.1 Å². The van der Waals surface area contributed by atoms with E-state index in [2.05, 4.69) is 60.5 Å². The standard InChI is InChI=1S/C23H25N/c1-24-19-12-13-20(24)15-18(14-19)23-21-8-4-2-6-16(21)10-11-17-7-3-5-9-22(17)23/h2-9,19-20H,10-15H2,1H3. The van der Waals surface area contributed by atoms with Gasteiger partial charge in [-0.1, -0.05) is 54.1 Å². The topological polar surface area (TPSA) is 3.24 Å². The van der Waals surface area contributed by atoms with Gasteiger partial charge in [0.25, 0.3) is 0 Å². The molecule has 0 N–H and O–H groups in total. The quantitative estimate of drug-likeness (QED) is 0.672. The Morgan fingerprint density at radius 3 is 1.79 bits per heavy atom. The number of hydrogen-bond acceptors (Lipinski definition) is 1. The van der Waals surface area contributed by atoms with E-state index in [1.165, 1.54) is 47.9 Å². The minimum atomic E-state index is 0.758. The Balaban J connectivity index is 1.74. The van der Waals surface area contributed by atoms with Crippen LogP contribution in [0.1, 0.15) is 47.9 Å².